The number of methoxy groups -OCH3 is 1. The van der Waals surface area contributed by atoms with E-state index in [4.69, 9.17) is 19.3 Å². The van der Waals surface area contributed by atoms with Gasteiger partial charge in [0.15, 0.2) is 0 Å². The van der Waals surface area contributed by atoms with Gasteiger partial charge in [-0.15, -0.1) is 0 Å². The third-order valence-corrected chi connectivity index (χ3v) is 4.57. The van der Waals surface area contributed by atoms with Crippen molar-refractivity contribution in [3.63, 3.8) is 0 Å². The van der Waals surface area contributed by atoms with Gasteiger partial charge in [0.1, 0.15) is 17.7 Å². The number of carboxylic acid groups (broad SMARTS) is 1. The first-order valence-corrected chi connectivity index (χ1v) is 9.83. The number of rotatable bonds is 13. The maximum Gasteiger partial charge on any atom is 0.307 e. The smallest absolute Gasteiger partial charge is 0.307 e. The van der Waals surface area contributed by atoms with Crippen LogP contribution in [0.25, 0.3) is 0 Å². The molecule has 29 heavy (non-hydrogen) atoms. The molecular weight excluding hydrogens is 370 g/mol. The van der Waals surface area contributed by atoms with E-state index in [-0.39, 0.29) is 6.42 Å². The van der Waals surface area contributed by atoms with Gasteiger partial charge in [0.2, 0.25) is 0 Å². The van der Waals surface area contributed by atoms with Crippen LogP contribution < -0.4 is 9.47 Å². The molecule has 0 heterocycles. The van der Waals surface area contributed by atoms with E-state index in [2.05, 4.69) is 18.2 Å². The molecular formula is C23H31NO5. The average molecular weight is 402 g/mol. The molecule has 0 aliphatic carbocycles. The molecule has 0 spiro atoms. The number of ether oxygens (including phenoxy) is 3. The Balaban J connectivity index is 1.80. The van der Waals surface area contributed by atoms with Gasteiger partial charge >= 0.3 is 5.97 Å². The lowest BCUT2D eigenvalue weighted by atomic mass is 10.0. The van der Waals surface area contributed by atoms with Crippen LogP contribution in [0, 0.1) is 0 Å². The summed E-state index contributed by atoms with van der Waals surface area (Å²) in [6, 6.07) is 16.2. The highest BCUT2D eigenvalue weighted by molar-refractivity contribution is 5.67. The van der Waals surface area contributed by atoms with Crippen molar-refractivity contribution in [1.29, 1.82) is 0 Å². The Morgan fingerprint density at radius 3 is 2.59 bits per heavy atom. The highest BCUT2D eigenvalue weighted by atomic mass is 16.5. The molecule has 2 rings (SSSR count). The summed E-state index contributed by atoms with van der Waals surface area (Å²) in [5.41, 5.74) is 2.38. The first-order chi connectivity index (χ1) is 14.0. The molecule has 2 aromatic carbocycles. The van der Waals surface area contributed by atoms with Crippen molar-refractivity contribution < 1.29 is 24.1 Å². The van der Waals surface area contributed by atoms with E-state index in [9.17, 15) is 4.79 Å². The SMILES string of the molecule is COc1cccc(CCc2ccccc2OCCCOC(CC(=O)O)N(C)C)c1. The maximum absolute atomic E-state index is 10.9. The largest absolute Gasteiger partial charge is 0.497 e. The Hall–Kier alpha value is -2.57. The summed E-state index contributed by atoms with van der Waals surface area (Å²) >= 11 is 0. The summed E-state index contributed by atoms with van der Waals surface area (Å²) in [6.07, 6.45) is 2.00. The van der Waals surface area contributed by atoms with Crippen LogP contribution >= 0.6 is 0 Å². The van der Waals surface area contributed by atoms with Crippen LogP contribution in [0.15, 0.2) is 48.5 Å². The summed E-state index contributed by atoms with van der Waals surface area (Å²) in [4.78, 5) is 12.7. The third-order valence-electron chi connectivity index (χ3n) is 4.57. The summed E-state index contributed by atoms with van der Waals surface area (Å²) in [5, 5.41) is 8.94. The molecule has 0 radical (unpaired) electrons. The fourth-order valence-corrected chi connectivity index (χ4v) is 2.96. The maximum atomic E-state index is 10.9. The van der Waals surface area contributed by atoms with E-state index in [1.165, 1.54) is 5.56 Å². The quantitative estimate of drug-likeness (QED) is 0.408. The van der Waals surface area contributed by atoms with Crippen LogP contribution in [0.4, 0.5) is 0 Å². The first-order valence-electron chi connectivity index (χ1n) is 9.83. The molecule has 1 atom stereocenters. The standard InChI is InChI=1S/C23H31NO5/c1-24(2)22(17-23(25)26)29-15-7-14-28-21-11-5-4-9-19(21)13-12-18-8-6-10-20(16-18)27-3/h4-6,8-11,16,22H,7,12-15,17H2,1-3H3,(H,25,26). The van der Waals surface area contributed by atoms with E-state index < -0.39 is 12.2 Å². The zero-order valence-electron chi connectivity index (χ0n) is 17.5. The lowest BCUT2D eigenvalue weighted by Crippen LogP contribution is -2.33. The molecule has 0 aliphatic rings. The lowest BCUT2D eigenvalue weighted by Gasteiger charge is -2.23. The zero-order valence-corrected chi connectivity index (χ0v) is 17.5. The minimum atomic E-state index is -0.870. The van der Waals surface area contributed by atoms with Crippen LogP contribution in [-0.4, -0.2) is 56.6 Å². The molecule has 6 nitrogen and oxygen atoms in total. The Labute approximate surface area is 173 Å². The molecule has 158 valence electrons. The molecule has 0 aromatic heterocycles. The van der Waals surface area contributed by atoms with Gasteiger partial charge < -0.3 is 19.3 Å². The van der Waals surface area contributed by atoms with Gasteiger partial charge in [-0.2, -0.15) is 0 Å². The van der Waals surface area contributed by atoms with Gasteiger partial charge in [-0.1, -0.05) is 30.3 Å². The molecule has 0 saturated heterocycles. The molecule has 0 bridgehead atoms. The van der Waals surface area contributed by atoms with E-state index in [1.54, 1.807) is 12.0 Å². The predicted octanol–water partition coefficient (Wildman–Crippen LogP) is 3.63. The third kappa shape index (κ3) is 8.13. The molecule has 6 heteroatoms. The van der Waals surface area contributed by atoms with Gasteiger partial charge in [-0.25, -0.2) is 0 Å². The molecule has 0 aliphatic heterocycles. The summed E-state index contributed by atoms with van der Waals surface area (Å²) in [7, 11) is 5.29. The summed E-state index contributed by atoms with van der Waals surface area (Å²) in [6.45, 7) is 0.964. The lowest BCUT2D eigenvalue weighted by molar-refractivity contribution is -0.144. The zero-order chi connectivity index (χ0) is 21.1. The molecule has 1 unspecified atom stereocenters. The monoisotopic (exact) mass is 401 g/mol. The van der Waals surface area contributed by atoms with Gasteiger partial charge in [0.05, 0.1) is 26.7 Å². The van der Waals surface area contributed by atoms with Crippen LogP contribution in [0.1, 0.15) is 24.0 Å². The molecule has 0 fully saturated rings. The van der Waals surface area contributed by atoms with Gasteiger partial charge in [-0.05, 0) is 56.3 Å². The second kappa shape index (κ2) is 12.1. The van der Waals surface area contributed by atoms with Crippen LogP contribution in [0.2, 0.25) is 0 Å². The predicted molar refractivity (Wildman–Crippen MR) is 113 cm³/mol. The second-order valence-corrected chi connectivity index (χ2v) is 7.05. The molecule has 1 N–H and O–H groups in total. The Bertz CT molecular complexity index is 762. The highest BCUT2D eigenvalue weighted by Crippen LogP contribution is 2.21. The van der Waals surface area contributed by atoms with Gasteiger partial charge in [-0.3, -0.25) is 9.69 Å². The number of aliphatic carboxylic acids is 1. The number of hydrogen-bond acceptors (Lipinski definition) is 5. The van der Waals surface area contributed by atoms with Crippen molar-refractivity contribution >= 4 is 5.97 Å². The second-order valence-electron chi connectivity index (χ2n) is 7.05. The van der Waals surface area contributed by atoms with Crippen LogP contribution in [0.3, 0.4) is 0 Å². The minimum Gasteiger partial charge on any atom is -0.497 e. The Morgan fingerprint density at radius 2 is 1.86 bits per heavy atom. The van der Waals surface area contributed by atoms with Crippen molar-refractivity contribution in [2.45, 2.75) is 31.9 Å². The van der Waals surface area contributed by atoms with Crippen LogP contribution in [0.5, 0.6) is 11.5 Å². The Morgan fingerprint density at radius 1 is 1.07 bits per heavy atom. The fourth-order valence-electron chi connectivity index (χ4n) is 2.96. The van der Waals surface area contributed by atoms with Crippen molar-refractivity contribution in [1.82, 2.24) is 4.90 Å². The number of nitrogens with zero attached hydrogens (tertiary/aromatic N) is 1. The number of hydrogen-bond donors (Lipinski definition) is 1. The van der Waals surface area contributed by atoms with E-state index in [0.29, 0.717) is 19.6 Å². The number of benzene rings is 2. The Kier molecular flexibility index (Phi) is 9.47. The van der Waals surface area contributed by atoms with Crippen molar-refractivity contribution in [2.24, 2.45) is 0 Å². The molecule has 0 saturated carbocycles. The van der Waals surface area contributed by atoms with Gasteiger partial charge in [0, 0.05) is 6.42 Å². The molecule has 0 amide bonds. The van der Waals surface area contributed by atoms with Crippen molar-refractivity contribution in [3.8, 4) is 11.5 Å². The average Bonchev–Trinajstić information content (AvgIpc) is 2.71. The number of aryl methyl sites for hydroxylation is 2. The highest BCUT2D eigenvalue weighted by Gasteiger charge is 2.15. The number of carboxylic acids is 1. The molecule has 2 aromatic rings. The van der Waals surface area contributed by atoms with E-state index >= 15 is 0 Å². The van der Waals surface area contributed by atoms with Crippen molar-refractivity contribution in [3.05, 3.63) is 59.7 Å². The summed E-state index contributed by atoms with van der Waals surface area (Å²) in [5.74, 6) is 0.876. The topological polar surface area (TPSA) is 68.2 Å². The van der Waals surface area contributed by atoms with E-state index in [1.807, 2.05) is 44.4 Å². The number of para-hydroxylation sites is 1. The van der Waals surface area contributed by atoms with Gasteiger partial charge in [0.25, 0.3) is 0 Å². The fraction of sp³-hybridized carbons (Fsp3) is 0.435. The van der Waals surface area contributed by atoms with Crippen molar-refractivity contribution in [2.75, 3.05) is 34.4 Å². The van der Waals surface area contributed by atoms with Crippen LogP contribution in [-0.2, 0) is 22.4 Å². The number of carbonyl (C=O) groups is 1. The normalized spacial score (nSPS) is 12.0. The minimum absolute atomic E-state index is 0.0407. The van der Waals surface area contributed by atoms with E-state index in [0.717, 1.165) is 29.9 Å². The summed E-state index contributed by atoms with van der Waals surface area (Å²) < 4.78 is 16.9. The first kappa shape index (κ1) is 22.7.